The molecule has 1 N–H and O–H groups in total. The van der Waals surface area contributed by atoms with Crippen LogP contribution >= 0.6 is 0 Å². The van der Waals surface area contributed by atoms with Crippen LogP contribution in [0.5, 0.6) is 0 Å². The Morgan fingerprint density at radius 3 is 2.48 bits per heavy atom. The van der Waals surface area contributed by atoms with Crippen molar-refractivity contribution in [1.82, 2.24) is 5.32 Å². The number of nitrogens with one attached hydrogen (secondary N) is 1. The molecule has 0 aromatic heterocycles. The Bertz CT molecular complexity index is 412. The molecule has 0 amide bonds. The third kappa shape index (κ3) is 5.33. The average Bonchev–Trinajstić information content (AvgIpc) is 2.45. The molecule has 1 fully saturated rings. The second kappa shape index (κ2) is 9.06. The van der Waals surface area contributed by atoms with Crippen molar-refractivity contribution in [3.63, 3.8) is 0 Å². The van der Waals surface area contributed by atoms with Gasteiger partial charge in [0, 0.05) is 39.0 Å². The van der Waals surface area contributed by atoms with Crippen LogP contribution in [-0.4, -0.2) is 33.4 Å². The van der Waals surface area contributed by atoms with E-state index in [1.165, 1.54) is 62.0 Å². The molecule has 0 spiro atoms. The number of benzene rings is 1. The maximum absolute atomic E-state index is 5.06. The molecule has 1 saturated heterocycles. The van der Waals surface area contributed by atoms with Crippen molar-refractivity contribution in [1.29, 1.82) is 0 Å². The highest BCUT2D eigenvalue weighted by Crippen LogP contribution is 2.22. The molecule has 2 rings (SSSR count). The molecule has 1 aliphatic rings. The Kier molecular flexibility index (Phi) is 7.04. The van der Waals surface area contributed by atoms with Crippen LogP contribution in [0.15, 0.2) is 18.2 Å². The molecule has 0 atom stereocenters. The zero-order valence-electron chi connectivity index (χ0n) is 13.7. The maximum atomic E-state index is 5.06. The van der Waals surface area contributed by atoms with Gasteiger partial charge in [-0.25, -0.2) is 0 Å². The first kappa shape index (κ1) is 16.3. The van der Waals surface area contributed by atoms with E-state index in [1.54, 1.807) is 7.11 Å². The lowest BCUT2D eigenvalue weighted by atomic mass is 10.0. The van der Waals surface area contributed by atoms with Crippen molar-refractivity contribution >= 4 is 5.69 Å². The van der Waals surface area contributed by atoms with Gasteiger partial charge in [-0.1, -0.05) is 25.3 Å². The van der Waals surface area contributed by atoms with Gasteiger partial charge in [0.1, 0.15) is 0 Å². The predicted molar refractivity (Wildman–Crippen MR) is 90.1 cm³/mol. The lowest BCUT2D eigenvalue weighted by Crippen LogP contribution is -2.27. The number of hydrogen-bond acceptors (Lipinski definition) is 3. The predicted octanol–water partition coefficient (Wildman–Crippen LogP) is 3.50. The lowest BCUT2D eigenvalue weighted by Gasteiger charge is -2.27. The molecule has 0 bridgehead atoms. The van der Waals surface area contributed by atoms with Gasteiger partial charge in [0.05, 0.1) is 6.61 Å². The van der Waals surface area contributed by atoms with E-state index >= 15 is 0 Å². The van der Waals surface area contributed by atoms with Crippen LogP contribution in [0.4, 0.5) is 5.69 Å². The van der Waals surface area contributed by atoms with Crippen molar-refractivity contribution in [3.8, 4) is 0 Å². The summed E-state index contributed by atoms with van der Waals surface area (Å²) in [6.07, 6.45) is 6.85. The first-order chi connectivity index (χ1) is 10.3. The molecule has 1 aliphatic heterocycles. The Hall–Kier alpha value is -1.06. The molecule has 3 nitrogen and oxygen atoms in total. The van der Waals surface area contributed by atoms with E-state index in [-0.39, 0.29) is 0 Å². The van der Waals surface area contributed by atoms with E-state index in [0.29, 0.717) is 0 Å². The lowest BCUT2D eigenvalue weighted by molar-refractivity contribution is 0.199. The Morgan fingerprint density at radius 1 is 1.10 bits per heavy atom. The van der Waals surface area contributed by atoms with Crippen LogP contribution in [0.2, 0.25) is 0 Å². The summed E-state index contributed by atoms with van der Waals surface area (Å²) in [5, 5.41) is 3.42. The van der Waals surface area contributed by atoms with Gasteiger partial charge in [0.25, 0.3) is 0 Å². The van der Waals surface area contributed by atoms with Gasteiger partial charge in [0.15, 0.2) is 0 Å². The largest absolute Gasteiger partial charge is 0.383 e. The van der Waals surface area contributed by atoms with E-state index in [2.05, 4.69) is 35.3 Å². The molecule has 0 unspecified atom stereocenters. The molecule has 0 saturated carbocycles. The molecule has 0 aliphatic carbocycles. The maximum Gasteiger partial charge on any atom is 0.0587 e. The highest BCUT2D eigenvalue weighted by atomic mass is 16.5. The standard InChI is InChI=1S/C18H30N2O/c1-16-14-18(20-11-6-4-3-5-7-12-20)9-8-17(16)15-19-10-13-21-2/h8-9,14,19H,3-7,10-13,15H2,1-2H3. The van der Waals surface area contributed by atoms with Crippen molar-refractivity contribution in [3.05, 3.63) is 29.3 Å². The highest BCUT2D eigenvalue weighted by Gasteiger charge is 2.10. The van der Waals surface area contributed by atoms with Crippen LogP contribution < -0.4 is 10.2 Å². The van der Waals surface area contributed by atoms with Crippen molar-refractivity contribution in [2.24, 2.45) is 0 Å². The zero-order chi connectivity index (χ0) is 14.9. The van der Waals surface area contributed by atoms with Crippen LogP contribution in [-0.2, 0) is 11.3 Å². The number of aryl methyl sites for hydroxylation is 1. The number of rotatable bonds is 6. The smallest absolute Gasteiger partial charge is 0.0587 e. The second-order valence-electron chi connectivity index (χ2n) is 6.04. The van der Waals surface area contributed by atoms with Crippen LogP contribution in [0, 0.1) is 6.92 Å². The molecule has 1 aromatic carbocycles. The molecule has 118 valence electrons. The van der Waals surface area contributed by atoms with E-state index in [9.17, 15) is 0 Å². The normalized spacial score (nSPS) is 16.6. The number of hydrogen-bond donors (Lipinski definition) is 1. The van der Waals surface area contributed by atoms with Crippen LogP contribution in [0.25, 0.3) is 0 Å². The SMILES string of the molecule is COCCNCc1ccc(N2CCCCCCC2)cc1C. The molecular weight excluding hydrogens is 260 g/mol. The fourth-order valence-corrected chi connectivity index (χ4v) is 2.98. The molecular formula is C18H30N2O. The van der Waals surface area contributed by atoms with Crippen LogP contribution in [0.3, 0.4) is 0 Å². The average molecular weight is 290 g/mol. The minimum atomic E-state index is 0.769. The number of nitrogens with zero attached hydrogens (tertiary/aromatic N) is 1. The van der Waals surface area contributed by atoms with Crippen molar-refractivity contribution in [2.75, 3.05) is 38.3 Å². The summed E-state index contributed by atoms with van der Waals surface area (Å²) in [6, 6.07) is 6.93. The minimum absolute atomic E-state index is 0.769. The topological polar surface area (TPSA) is 24.5 Å². The first-order valence-corrected chi connectivity index (χ1v) is 8.35. The first-order valence-electron chi connectivity index (χ1n) is 8.35. The van der Waals surface area contributed by atoms with Gasteiger partial charge < -0.3 is 15.0 Å². The summed E-state index contributed by atoms with van der Waals surface area (Å²) in [5.74, 6) is 0. The molecule has 3 heteroatoms. The Morgan fingerprint density at radius 2 is 1.81 bits per heavy atom. The quantitative estimate of drug-likeness (QED) is 0.812. The molecule has 21 heavy (non-hydrogen) atoms. The summed E-state index contributed by atoms with van der Waals surface area (Å²) < 4.78 is 5.06. The molecule has 1 heterocycles. The fraction of sp³-hybridized carbons (Fsp3) is 0.667. The van der Waals surface area contributed by atoms with Crippen molar-refractivity contribution in [2.45, 2.75) is 45.6 Å². The summed E-state index contributed by atoms with van der Waals surface area (Å²) >= 11 is 0. The van der Waals surface area contributed by atoms with Gasteiger partial charge in [-0.2, -0.15) is 0 Å². The summed E-state index contributed by atoms with van der Waals surface area (Å²) in [7, 11) is 1.74. The van der Waals surface area contributed by atoms with E-state index in [0.717, 1.165) is 19.7 Å². The summed E-state index contributed by atoms with van der Waals surface area (Å²) in [5.41, 5.74) is 4.18. The number of ether oxygens (including phenoxy) is 1. The van der Waals surface area contributed by atoms with E-state index in [4.69, 9.17) is 4.74 Å². The van der Waals surface area contributed by atoms with Gasteiger partial charge in [0.2, 0.25) is 0 Å². The summed E-state index contributed by atoms with van der Waals surface area (Å²) in [6.45, 7) is 7.25. The van der Waals surface area contributed by atoms with E-state index in [1.807, 2.05) is 0 Å². The van der Waals surface area contributed by atoms with Gasteiger partial charge >= 0.3 is 0 Å². The number of methoxy groups -OCH3 is 1. The van der Waals surface area contributed by atoms with E-state index < -0.39 is 0 Å². The highest BCUT2D eigenvalue weighted by molar-refractivity contribution is 5.50. The zero-order valence-corrected chi connectivity index (χ0v) is 13.7. The summed E-state index contributed by atoms with van der Waals surface area (Å²) in [4.78, 5) is 2.56. The minimum Gasteiger partial charge on any atom is -0.383 e. The monoisotopic (exact) mass is 290 g/mol. The number of anilines is 1. The second-order valence-corrected chi connectivity index (χ2v) is 6.04. The van der Waals surface area contributed by atoms with Crippen LogP contribution in [0.1, 0.15) is 43.2 Å². The van der Waals surface area contributed by atoms with Gasteiger partial charge in [-0.15, -0.1) is 0 Å². The third-order valence-electron chi connectivity index (χ3n) is 4.35. The Labute approximate surface area is 129 Å². The van der Waals surface area contributed by atoms with Crippen molar-refractivity contribution < 1.29 is 4.74 Å². The fourth-order valence-electron chi connectivity index (χ4n) is 2.98. The molecule has 1 aromatic rings. The van der Waals surface area contributed by atoms with Gasteiger partial charge in [-0.3, -0.25) is 0 Å². The third-order valence-corrected chi connectivity index (χ3v) is 4.35. The molecule has 0 radical (unpaired) electrons. The van der Waals surface area contributed by atoms with Gasteiger partial charge in [-0.05, 0) is 43.0 Å². The Balaban J connectivity index is 1.93.